The summed E-state index contributed by atoms with van der Waals surface area (Å²) in [4.78, 5) is 0. The maximum Gasteiger partial charge on any atom is 0.161 e. The van der Waals surface area contributed by atoms with Crippen molar-refractivity contribution in [2.24, 2.45) is 0 Å². The predicted octanol–water partition coefficient (Wildman–Crippen LogP) is 0.299. The largest absolute Gasteiger partial charge is 0.390 e. The summed E-state index contributed by atoms with van der Waals surface area (Å²) in [5.74, 6) is 0. The van der Waals surface area contributed by atoms with E-state index in [9.17, 15) is 30.6 Å². The summed E-state index contributed by atoms with van der Waals surface area (Å²) < 4.78 is 66.1. The van der Waals surface area contributed by atoms with Gasteiger partial charge >= 0.3 is 0 Å². The standard InChI is InChI=1S/C36H62O17/c1-15-21(37)7-9-28(44-15)52-35-19(5)48-31(12-23(35)39)51-26-14-32(46-18(4)34(26)42)49-24-8-10-29(45-16(24)2)53-36-20(6)47-30(11-22(36)38)50-25-13-27(40)43-17(3)33(25)41/h15-42H,7-14H2,1-6H3/t15-,16-,17+,18+,19+,20+,21-,22+,23+,24-,25+,26+,27+,28-,29-,30-,31-,32-,33+,34+,35+,36+/m0/s1. The predicted molar refractivity (Wildman–Crippen MR) is 180 cm³/mol. The zero-order chi connectivity index (χ0) is 38.1. The van der Waals surface area contributed by atoms with Crippen molar-refractivity contribution in [3.63, 3.8) is 0 Å². The molecule has 6 fully saturated rings. The van der Waals surface area contributed by atoms with Crippen molar-refractivity contribution in [1.82, 2.24) is 0 Å². The molecule has 0 aliphatic carbocycles. The Morgan fingerprint density at radius 2 is 0.792 bits per heavy atom. The molecule has 0 aromatic rings. The Labute approximate surface area is 310 Å². The fourth-order valence-electron chi connectivity index (χ4n) is 8.19. The highest BCUT2D eigenvalue weighted by atomic mass is 16.8. The third-order valence-corrected chi connectivity index (χ3v) is 11.4. The van der Waals surface area contributed by atoms with E-state index >= 15 is 0 Å². The summed E-state index contributed by atoms with van der Waals surface area (Å²) >= 11 is 0. The Morgan fingerprint density at radius 1 is 0.358 bits per heavy atom. The van der Waals surface area contributed by atoms with E-state index < -0.39 is 117 Å². The summed E-state index contributed by atoms with van der Waals surface area (Å²) in [5, 5.41) is 63.3. The van der Waals surface area contributed by atoms with Gasteiger partial charge in [0, 0.05) is 38.5 Å². The zero-order valence-electron chi connectivity index (χ0n) is 31.5. The van der Waals surface area contributed by atoms with E-state index in [1.807, 2.05) is 6.92 Å². The number of rotatable bonds is 10. The van der Waals surface area contributed by atoms with Crippen LogP contribution in [0, 0.1) is 0 Å². The first-order valence-corrected chi connectivity index (χ1v) is 19.4. The first-order chi connectivity index (χ1) is 25.1. The van der Waals surface area contributed by atoms with Gasteiger partial charge in [-0.25, -0.2) is 0 Å². The molecular weight excluding hydrogens is 704 g/mol. The van der Waals surface area contributed by atoms with Crippen LogP contribution in [0.2, 0.25) is 0 Å². The molecule has 6 aliphatic heterocycles. The normalized spacial score (nSPS) is 53.0. The summed E-state index contributed by atoms with van der Waals surface area (Å²) in [6.07, 6.45) is -12.1. The van der Waals surface area contributed by atoms with Crippen LogP contribution in [-0.2, 0) is 52.1 Å². The number of aliphatic hydroxyl groups is 6. The fourth-order valence-corrected chi connectivity index (χ4v) is 8.19. The van der Waals surface area contributed by atoms with Crippen LogP contribution in [0.4, 0.5) is 0 Å². The highest BCUT2D eigenvalue weighted by molar-refractivity contribution is 4.89. The Hall–Kier alpha value is -0.680. The summed E-state index contributed by atoms with van der Waals surface area (Å²) in [5.41, 5.74) is 0. The molecule has 308 valence electrons. The average Bonchev–Trinajstić information content (AvgIpc) is 3.08. The smallest absolute Gasteiger partial charge is 0.161 e. The summed E-state index contributed by atoms with van der Waals surface area (Å²) in [7, 11) is 0. The molecule has 0 radical (unpaired) electrons. The molecule has 22 atom stereocenters. The molecule has 0 spiro atoms. The van der Waals surface area contributed by atoms with Crippen LogP contribution < -0.4 is 0 Å². The molecule has 6 N–H and O–H groups in total. The average molecular weight is 767 g/mol. The van der Waals surface area contributed by atoms with Crippen LogP contribution in [0.1, 0.15) is 92.9 Å². The number of ether oxygens (including phenoxy) is 11. The van der Waals surface area contributed by atoms with Crippen LogP contribution in [0.5, 0.6) is 0 Å². The molecule has 0 unspecified atom stereocenters. The van der Waals surface area contributed by atoms with Gasteiger partial charge in [0.05, 0.1) is 73.2 Å². The van der Waals surface area contributed by atoms with Crippen LogP contribution in [0.15, 0.2) is 0 Å². The second-order valence-electron chi connectivity index (χ2n) is 15.7. The molecule has 53 heavy (non-hydrogen) atoms. The van der Waals surface area contributed by atoms with Gasteiger partial charge in [0.1, 0.15) is 24.4 Å². The molecule has 0 saturated carbocycles. The van der Waals surface area contributed by atoms with Gasteiger partial charge in [-0.15, -0.1) is 0 Å². The minimum atomic E-state index is -1.05. The van der Waals surface area contributed by atoms with Crippen molar-refractivity contribution in [3.05, 3.63) is 0 Å². The molecule has 6 saturated heterocycles. The van der Waals surface area contributed by atoms with Gasteiger partial charge in [-0.3, -0.25) is 0 Å². The maximum atomic E-state index is 11.0. The van der Waals surface area contributed by atoms with Gasteiger partial charge in [0.15, 0.2) is 37.7 Å². The van der Waals surface area contributed by atoms with Crippen molar-refractivity contribution < 1.29 is 82.7 Å². The Balaban J connectivity index is 0.942. The molecule has 6 heterocycles. The van der Waals surface area contributed by atoms with Gasteiger partial charge in [0.2, 0.25) is 0 Å². The van der Waals surface area contributed by atoms with Gasteiger partial charge in [0.25, 0.3) is 0 Å². The molecule has 17 nitrogen and oxygen atoms in total. The summed E-state index contributed by atoms with van der Waals surface area (Å²) in [6, 6.07) is 0. The van der Waals surface area contributed by atoms with Crippen molar-refractivity contribution in [3.8, 4) is 0 Å². The van der Waals surface area contributed by atoms with Crippen LogP contribution in [0.3, 0.4) is 0 Å². The Bertz CT molecular complexity index is 1110. The summed E-state index contributed by atoms with van der Waals surface area (Å²) in [6.45, 7) is 10.6. The SMILES string of the molecule is C[C@@H]1O[C@@H](O[C@H]2[C@H](O)C[C@H](O[C@@H]3C[C@H](O)O[C@H](C)[C@H]3O)O[C@@H]2C)CC[C@@H]1O[C@H]1C[C@@H](O[C@H]2C[C@@H](O)[C@H](O[C@H]3CC[C@H](O)[C@H](C)O3)[C@@H](C)O2)[C@H](O)[C@@H](C)O1. The van der Waals surface area contributed by atoms with E-state index in [1.54, 1.807) is 34.6 Å². The molecule has 0 bridgehead atoms. The lowest BCUT2D eigenvalue weighted by atomic mass is 9.99. The van der Waals surface area contributed by atoms with Crippen molar-refractivity contribution >= 4 is 0 Å². The Morgan fingerprint density at radius 3 is 1.32 bits per heavy atom. The van der Waals surface area contributed by atoms with Crippen molar-refractivity contribution in [1.29, 1.82) is 0 Å². The molecule has 0 amide bonds. The third-order valence-electron chi connectivity index (χ3n) is 11.4. The quantitative estimate of drug-likeness (QED) is 0.176. The van der Waals surface area contributed by atoms with E-state index in [4.69, 9.17) is 52.1 Å². The first kappa shape index (κ1) is 41.9. The maximum absolute atomic E-state index is 11.0. The van der Waals surface area contributed by atoms with Crippen LogP contribution >= 0.6 is 0 Å². The van der Waals surface area contributed by atoms with Gasteiger partial charge in [-0.1, -0.05) is 0 Å². The topological polar surface area (TPSA) is 223 Å². The second kappa shape index (κ2) is 18.3. The fraction of sp³-hybridized carbons (Fsp3) is 1.00. The molecule has 6 aliphatic rings. The minimum Gasteiger partial charge on any atom is -0.390 e. The van der Waals surface area contributed by atoms with Gasteiger partial charge in [-0.05, 0) is 54.4 Å². The molecular formula is C36H62O17. The van der Waals surface area contributed by atoms with E-state index in [1.165, 1.54) is 0 Å². The van der Waals surface area contributed by atoms with Gasteiger partial charge < -0.3 is 82.7 Å². The lowest BCUT2D eigenvalue weighted by Crippen LogP contribution is -2.56. The lowest BCUT2D eigenvalue weighted by Gasteiger charge is -2.45. The monoisotopic (exact) mass is 766 g/mol. The van der Waals surface area contributed by atoms with Gasteiger partial charge in [-0.2, -0.15) is 0 Å². The lowest BCUT2D eigenvalue weighted by molar-refractivity contribution is -0.340. The first-order valence-electron chi connectivity index (χ1n) is 19.4. The minimum absolute atomic E-state index is 0.0881. The highest BCUT2D eigenvalue weighted by Crippen LogP contribution is 2.35. The molecule has 0 aromatic heterocycles. The van der Waals surface area contributed by atoms with Crippen LogP contribution in [-0.4, -0.2) is 166 Å². The number of aliphatic hydroxyl groups excluding tert-OH is 6. The van der Waals surface area contributed by atoms with E-state index in [2.05, 4.69) is 0 Å². The number of hydrogen-bond donors (Lipinski definition) is 6. The second-order valence-corrected chi connectivity index (χ2v) is 15.7. The molecule has 0 aromatic carbocycles. The Kier molecular flexibility index (Phi) is 14.5. The zero-order valence-corrected chi connectivity index (χ0v) is 31.5. The molecule has 17 heteroatoms. The van der Waals surface area contributed by atoms with E-state index in [-0.39, 0.29) is 44.0 Å². The third kappa shape index (κ3) is 10.4. The van der Waals surface area contributed by atoms with Crippen LogP contribution in [0.25, 0.3) is 0 Å². The van der Waals surface area contributed by atoms with Crippen molar-refractivity contribution in [2.45, 2.75) is 228 Å². The van der Waals surface area contributed by atoms with E-state index in [0.29, 0.717) is 25.7 Å². The van der Waals surface area contributed by atoms with E-state index in [0.717, 1.165) is 0 Å². The van der Waals surface area contributed by atoms with Crippen molar-refractivity contribution in [2.75, 3.05) is 0 Å². The number of hydrogen-bond acceptors (Lipinski definition) is 17. The highest BCUT2D eigenvalue weighted by Gasteiger charge is 2.46. The molecule has 6 rings (SSSR count).